The van der Waals surface area contributed by atoms with Crippen LogP contribution in [-0.2, 0) is 13.0 Å². The molecule has 0 aliphatic heterocycles. The van der Waals surface area contributed by atoms with E-state index < -0.39 is 0 Å². The van der Waals surface area contributed by atoms with Crippen molar-refractivity contribution in [1.29, 1.82) is 0 Å². The normalized spacial score (nSPS) is 11.2. The molecule has 0 aliphatic rings. The molecule has 74 valence electrons. The summed E-state index contributed by atoms with van der Waals surface area (Å²) in [5.74, 6) is 0. The maximum absolute atomic E-state index is 9.13. The lowest BCUT2D eigenvalue weighted by atomic mass is 10.2. The summed E-state index contributed by atoms with van der Waals surface area (Å²) in [4.78, 5) is 0. The average molecular weight is 181 g/mol. The van der Waals surface area contributed by atoms with E-state index in [1.165, 1.54) is 5.69 Å². The highest BCUT2D eigenvalue weighted by Gasteiger charge is 2.08. The highest BCUT2D eigenvalue weighted by atomic mass is 16.3. The third-order valence-electron chi connectivity index (χ3n) is 2.27. The molecular weight excluding hydrogens is 162 g/mol. The number of rotatable bonds is 4. The molecule has 0 amide bonds. The fourth-order valence-electron chi connectivity index (χ4n) is 1.79. The van der Waals surface area contributed by atoms with Gasteiger partial charge in [0.05, 0.1) is 6.61 Å². The van der Waals surface area contributed by atoms with Crippen molar-refractivity contribution in [1.82, 2.24) is 4.57 Å². The van der Waals surface area contributed by atoms with Crippen molar-refractivity contribution in [2.24, 2.45) is 0 Å². The van der Waals surface area contributed by atoms with Gasteiger partial charge in [0.2, 0.25) is 0 Å². The zero-order valence-corrected chi connectivity index (χ0v) is 8.75. The second-order valence-electron chi connectivity index (χ2n) is 3.69. The van der Waals surface area contributed by atoms with Crippen molar-refractivity contribution in [3.8, 4) is 0 Å². The summed E-state index contributed by atoms with van der Waals surface area (Å²) in [6.45, 7) is 6.62. The Labute approximate surface area is 80.2 Å². The van der Waals surface area contributed by atoms with E-state index in [2.05, 4.69) is 31.4 Å². The van der Waals surface area contributed by atoms with Crippen LogP contribution in [0.2, 0.25) is 0 Å². The van der Waals surface area contributed by atoms with Crippen LogP contribution in [0.15, 0.2) is 12.1 Å². The van der Waals surface area contributed by atoms with Gasteiger partial charge in [-0.25, -0.2) is 0 Å². The Hall–Kier alpha value is -0.760. The molecular formula is C11H19NO. The summed E-state index contributed by atoms with van der Waals surface area (Å²) < 4.78 is 2.23. The topological polar surface area (TPSA) is 25.2 Å². The molecule has 0 saturated carbocycles. The highest BCUT2D eigenvalue weighted by Crippen LogP contribution is 2.17. The number of aromatic nitrogens is 1. The van der Waals surface area contributed by atoms with E-state index in [0.717, 1.165) is 18.5 Å². The first-order valence-electron chi connectivity index (χ1n) is 5.00. The van der Waals surface area contributed by atoms with Crippen LogP contribution in [0.5, 0.6) is 0 Å². The number of hydrogen-bond acceptors (Lipinski definition) is 1. The van der Waals surface area contributed by atoms with Gasteiger partial charge in [0, 0.05) is 17.4 Å². The molecule has 1 heterocycles. The van der Waals surface area contributed by atoms with E-state index in [0.29, 0.717) is 6.04 Å². The lowest BCUT2D eigenvalue weighted by molar-refractivity contribution is 0.267. The molecule has 0 radical (unpaired) electrons. The monoisotopic (exact) mass is 181 g/mol. The van der Waals surface area contributed by atoms with Crippen LogP contribution in [0.4, 0.5) is 0 Å². The Morgan fingerprint density at radius 3 is 2.38 bits per heavy atom. The smallest absolute Gasteiger partial charge is 0.0833 e. The minimum absolute atomic E-state index is 0.141. The van der Waals surface area contributed by atoms with Crippen LogP contribution in [0.25, 0.3) is 0 Å². The second kappa shape index (κ2) is 4.47. The molecule has 0 atom stereocenters. The molecule has 0 aromatic carbocycles. The maximum atomic E-state index is 9.13. The zero-order valence-electron chi connectivity index (χ0n) is 8.75. The molecule has 1 N–H and O–H groups in total. The fourth-order valence-corrected chi connectivity index (χ4v) is 1.79. The standard InChI is InChI=1S/C11H19NO/c1-4-5-10-6-7-11(8-13)12(10)9(2)3/h6-7,9,13H,4-5,8H2,1-3H3. The van der Waals surface area contributed by atoms with Gasteiger partial charge in [-0.15, -0.1) is 0 Å². The van der Waals surface area contributed by atoms with E-state index in [1.807, 2.05) is 6.07 Å². The molecule has 1 rings (SSSR count). The van der Waals surface area contributed by atoms with E-state index in [4.69, 9.17) is 5.11 Å². The lowest BCUT2D eigenvalue weighted by Gasteiger charge is -2.15. The number of nitrogens with zero attached hydrogens (tertiary/aromatic N) is 1. The lowest BCUT2D eigenvalue weighted by Crippen LogP contribution is -2.09. The summed E-state index contributed by atoms with van der Waals surface area (Å²) in [6.07, 6.45) is 2.25. The highest BCUT2D eigenvalue weighted by molar-refractivity contribution is 5.17. The molecule has 0 aliphatic carbocycles. The summed E-state index contributed by atoms with van der Waals surface area (Å²) in [7, 11) is 0. The molecule has 13 heavy (non-hydrogen) atoms. The largest absolute Gasteiger partial charge is 0.390 e. The van der Waals surface area contributed by atoms with Crippen LogP contribution < -0.4 is 0 Å². The number of aryl methyl sites for hydroxylation is 1. The Morgan fingerprint density at radius 2 is 1.92 bits per heavy atom. The average Bonchev–Trinajstić information content (AvgIpc) is 2.48. The quantitative estimate of drug-likeness (QED) is 0.758. The maximum Gasteiger partial charge on any atom is 0.0833 e. The Kier molecular flexibility index (Phi) is 3.55. The fraction of sp³-hybridized carbons (Fsp3) is 0.636. The van der Waals surface area contributed by atoms with Crippen LogP contribution in [0, 0.1) is 0 Å². The Balaban J connectivity index is 2.99. The first-order chi connectivity index (χ1) is 6.20. The third-order valence-corrected chi connectivity index (χ3v) is 2.27. The van der Waals surface area contributed by atoms with Crippen molar-refractivity contribution < 1.29 is 5.11 Å². The predicted molar refractivity (Wildman–Crippen MR) is 54.7 cm³/mol. The molecule has 0 saturated heterocycles. The third kappa shape index (κ3) is 2.13. The van der Waals surface area contributed by atoms with Crippen LogP contribution in [0.1, 0.15) is 44.6 Å². The van der Waals surface area contributed by atoms with E-state index in [-0.39, 0.29) is 6.61 Å². The van der Waals surface area contributed by atoms with Gasteiger partial charge in [-0.3, -0.25) is 0 Å². The number of aliphatic hydroxyl groups is 1. The number of hydrogen-bond donors (Lipinski definition) is 1. The van der Waals surface area contributed by atoms with Gasteiger partial charge in [-0.2, -0.15) is 0 Å². The summed E-state index contributed by atoms with van der Waals surface area (Å²) in [5.41, 5.74) is 2.36. The van der Waals surface area contributed by atoms with Crippen LogP contribution in [0.3, 0.4) is 0 Å². The van der Waals surface area contributed by atoms with Crippen molar-refractivity contribution in [2.75, 3.05) is 0 Å². The van der Waals surface area contributed by atoms with Crippen molar-refractivity contribution in [2.45, 2.75) is 46.3 Å². The molecule has 1 aromatic heterocycles. The summed E-state index contributed by atoms with van der Waals surface area (Å²) in [6, 6.07) is 4.58. The van der Waals surface area contributed by atoms with Gasteiger partial charge in [-0.1, -0.05) is 13.3 Å². The minimum Gasteiger partial charge on any atom is -0.390 e. The molecule has 2 heteroatoms. The second-order valence-corrected chi connectivity index (χ2v) is 3.69. The van der Waals surface area contributed by atoms with Gasteiger partial charge in [0.25, 0.3) is 0 Å². The van der Waals surface area contributed by atoms with Crippen molar-refractivity contribution in [3.05, 3.63) is 23.5 Å². The van der Waals surface area contributed by atoms with Crippen LogP contribution >= 0.6 is 0 Å². The predicted octanol–water partition coefficient (Wildman–Crippen LogP) is 2.51. The summed E-state index contributed by atoms with van der Waals surface area (Å²) in [5, 5.41) is 9.13. The number of aliphatic hydroxyl groups excluding tert-OH is 1. The van der Waals surface area contributed by atoms with E-state index >= 15 is 0 Å². The van der Waals surface area contributed by atoms with E-state index in [1.54, 1.807) is 0 Å². The van der Waals surface area contributed by atoms with Crippen molar-refractivity contribution in [3.63, 3.8) is 0 Å². The van der Waals surface area contributed by atoms with Crippen molar-refractivity contribution >= 4 is 0 Å². The molecule has 0 bridgehead atoms. The molecule has 0 fully saturated rings. The first kappa shape index (κ1) is 10.3. The summed E-state index contributed by atoms with van der Waals surface area (Å²) >= 11 is 0. The zero-order chi connectivity index (χ0) is 9.84. The van der Waals surface area contributed by atoms with Gasteiger partial charge in [0.15, 0.2) is 0 Å². The first-order valence-corrected chi connectivity index (χ1v) is 5.00. The Morgan fingerprint density at radius 1 is 1.31 bits per heavy atom. The van der Waals surface area contributed by atoms with Gasteiger partial charge in [0.1, 0.15) is 0 Å². The SMILES string of the molecule is CCCc1ccc(CO)n1C(C)C. The van der Waals surface area contributed by atoms with Gasteiger partial charge < -0.3 is 9.67 Å². The molecule has 1 aromatic rings. The van der Waals surface area contributed by atoms with Crippen LogP contribution in [-0.4, -0.2) is 9.67 Å². The minimum atomic E-state index is 0.141. The molecule has 2 nitrogen and oxygen atoms in total. The molecule has 0 spiro atoms. The Bertz CT molecular complexity index is 263. The van der Waals surface area contributed by atoms with E-state index in [9.17, 15) is 0 Å². The van der Waals surface area contributed by atoms with Gasteiger partial charge >= 0.3 is 0 Å². The molecule has 0 unspecified atom stereocenters. The van der Waals surface area contributed by atoms with Gasteiger partial charge in [-0.05, 0) is 32.4 Å².